The average Bonchev–Trinajstić information content (AvgIpc) is 3.20. The maximum atomic E-state index is 12.9. The zero-order valence-corrected chi connectivity index (χ0v) is 18.1. The van der Waals surface area contributed by atoms with Crippen molar-refractivity contribution in [3.05, 3.63) is 51.8 Å². The molecule has 160 valence electrons. The van der Waals surface area contributed by atoms with Crippen LogP contribution in [0.5, 0.6) is 0 Å². The lowest BCUT2D eigenvalue weighted by Gasteiger charge is -2.22. The van der Waals surface area contributed by atoms with E-state index in [1.54, 1.807) is 0 Å². The van der Waals surface area contributed by atoms with Crippen LogP contribution < -0.4 is 16.6 Å². The summed E-state index contributed by atoms with van der Waals surface area (Å²) >= 11 is 0. The molecular weight excluding hydrogens is 386 g/mol. The summed E-state index contributed by atoms with van der Waals surface area (Å²) < 4.78 is 0. The highest BCUT2D eigenvalue weighted by molar-refractivity contribution is 5.99. The summed E-state index contributed by atoms with van der Waals surface area (Å²) in [6, 6.07) is 9.97. The van der Waals surface area contributed by atoms with Gasteiger partial charge in [0.25, 0.3) is 5.56 Å². The van der Waals surface area contributed by atoms with Crippen LogP contribution in [0.25, 0.3) is 33.3 Å². The highest BCUT2D eigenvalue weighted by Gasteiger charge is 2.18. The molecular formula is C25H29N5O. The second kappa shape index (κ2) is 7.76. The molecule has 1 fully saturated rings. The van der Waals surface area contributed by atoms with Gasteiger partial charge in [-0.15, -0.1) is 0 Å². The van der Waals surface area contributed by atoms with Crippen molar-refractivity contribution in [2.45, 2.75) is 46.0 Å². The number of H-pyrrole nitrogens is 2. The van der Waals surface area contributed by atoms with Gasteiger partial charge in [0.2, 0.25) is 0 Å². The second-order valence-corrected chi connectivity index (χ2v) is 8.88. The minimum atomic E-state index is -0.235. The number of fused-ring (bicyclic) bond motifs is 2. The number of nitrogens with zero attached hydrogens (tertiary/aromatic N) is 1. The first-order valence-corrected chi connectivity index (χ1v) is 11.2. The molecule has 31 heavy (non-hydrogen) atoms. The van der Waals surface area contributed by atoms with Crippen LogP contribution in [0.1, 0.15) is 43.2 Å². The molecule has 5 rings (SSSR count). The fourth-order valence-corrected chi connectivity index (χ4v) is 4.75. The van der Waals surface area contributed by atoms with Gasteiger partial charge < -0.3 is 21.0 Å². The monoisotopic (exact) mass is 415 g/mol. The van der Waals surface area contributed by atoms with Crippen molar-refractivity contribution in [1.29, 1.82) is 0 Å². The molecule has 5 N–H and O–H groups in total. The molecule has 0 aliphatic heterocycles. The summed E-state index contributed by atoms with van der Waals surface area (Å²) in [5.41, 5.74) is 13.0. The van der Waals surface area contributed by atoms with Gasteiger partial charge in [-0.2, -0.15) is 0 Å². The zero-order chi connectivity index (χ0) is 21.5. The number of benzene rings is 2. The molecule has 0 bridgehead atoms. The van der Waals surface area contributed by atoms with Crippen LogP contribution in [-0.2, 0) is 0 Å². The fraction of sp³-hybridized carbons (Fsp3) is 0.360. The van der Waals surface area contributed by atoms with Crippen molar-refractivity contribution in [3.63, 3.8) is 0 Å². The number of rotatable bonds is 4. The number of pyridine rings is 1. The summed E-state index contributed by atoms with van der Waals surface area (Å²) in [7, 11) is 0. The van der Waals surface area contributed by atoms with E-state index in [9.17, 15) is 4.79 Å². The van der Waals surface area contributed by atoms with E-state index in [-0.39, 0.29) is 5.56 Å². The van der Waals surface area contributed by atoms with Gasteiger partial charge >= 0.3 is 0 Å². The molecule has 1 aliphatic rings. The Morgan fingerprint density at radius 3 is 2.71 bits per heavy atom. The van der Waals surface area contributed by atoms with Gasteiger partial charge in [0.1, 0.15) is 11.4 Å². The molecule has 1 saturated carbocycles. The van der Waals surface area contributed by atoms with E-state index in [0.29, 0.717) is 17.1 Å². The molecule has 2 aromatic heterocycles. The third-order valence-electron chi connectivity index (χ3n) is 6.80. The number of aromatic amines is 2. The van der Waals surface area contributed by atoms with Crippen molar-refractivity contribution < 1.29 is 0 Å². The molecule has 0 unspecified atom stereocenters. The number of hydrogen-bond donors (Lipinski definition) is 4. The first-order valence-electron chi connectivity index (χ1n) is 11.2. The van der Waals surface area contributed by atoms with E-state index >= 15 is 0 Å². The molecule has 0 saturated heterocycles. The third-order valence-corrected chi connectivity index (χ3v) is 6.80. The van der Waals surface area contributed by atoms with Crippen LogP contribution in [0.4, 0.5) is 11.4 Å². The lowest BCUT2D eigenvalue weighted by molar-refractivity contribution is 0.373. The van der Waals surface area contributed by atoms with E-state index in [4.69, 9.17) is 5.73 Å². The van der Waals surface area contributed by atoms with Crippen molar-refractivity contribution in [3.8, 4) is 11.4 Å². The minimum Gasteiger partial charge on any atom is -0.397 e. The Hall–Kier alpha value is -3.28. The fourth-order valence-electron chi connectivity index (χ4n) is 4.75. The van der Waals surface area contributed by atoms with Gasteiger partial charge in [-0.3, -0.25) is 4.79 Å². The number of nitrogen functional groups attached to an aromatic ring is 1. The number of imidazole rings is 1. The van der Waals surface area contributed by atoms with Gasteiger partial charge in [-0.05, 0) is 68.0 Å². The van der Waals surface area contributed by atoms with E-state index in [1.165, 1.54) is 37.7 Å². The topological polar surface area (TPSA) is 99.6 Å². The summed E-state index contributed by atoms with van der Waals surface area (Å²) in [6.07, 6.45) is 6.62. The number of nitrogens with one attached hydrogen (secondary N) is 3. The second-order valence-electron chi connectivity index (χ2n) is 8.88. The summed E-state index contributed by atoms with van der Waals surface area (Å²) in [5.74, 6) is 1.24. The molecule has 4 aromatic rings. The average molecular weight is 416 g/mol. The van der Waals surface area contributed by atoms with Gasteiger partial charge in [0, 0.05) is 17.6 Å². The number of nitrogens with two attached hydrogens (primary N) is 1. The van der Waals surface area contributed by atoms with E-state index < -0.39 is 0 Å². The van der Waals surface area contributed by atoms with Crippen LogP contribution in [0.3, 0.4) is 0 Å². The molecule has 1 aliphatic carbocycles. The molecule has 2 heterocycles. The maximum Gasteiger partial charge on any atom is 0.261 e. The third kappa shape index (κ3) is 3.56. The molecule has 0 spiro atoms. The SMILES string of the molecule is Cc1ccc2nc(-c3c(N)c4cc(NCC5CCCCC5)ccc4[nH]c3=O)[nH]c2c1C. The normalized spacial score (nSPS) is 15.0. The molecule has 6 heteroatoms. The standard InChI is InChI=1S/C25H29N5O/c1-14-8-10-20-23(15(14)2)30-24(28-20)21-22(26)18-12-17(9-11-19(18)29-25(21)31)27-13-16-6-4-3-5-7-16/h8-12,16,27H,3-7,13H2,1-2H3,(H,28,30)(H3,26,29,31). The lowest BCUT2D eigenvalue weighted by atomic mass is 9.89. The summed E-state index contributed by atoms with van der Waals surface area (Å²) in [4.78, 5) is 23.9. The summed E-state index contributed by atoms with van der Waals surface area (Å²) in [5, 5.41) is 4.40. The highest BCUT2D eigenvalue weighted by atomic mass is 16.1. The van der Waals surface area contributed by atoms with E-state index in [1.807, 2.05) is 30.3 Å². The highest BCUT2D eigenvalue weighted by Crippen LogP contribution is 2.31. The Morgan fingerprint density at radius 2 is 1.90 bits per heavy atom. The van der Waals surface area contributed by atoms with Crippen molar-refractivity contribution in [2.75, 3.05) is 17.6 Å². The van der Waals surface area contributed by atoms with Gasteiger partial charge in [-0.1, -0.05) is 25.3 Å². The van der Waals surface area contributed by atoms with Gasteiger partial charge in [0.15, 0.2) is 0 Å². The number of aromatic nitrogens is 3. The van der Waals surface area contributed by atoms with Crippen molar-refractivity contribution >= 4 is 33.3 Å². The number of aryl methyl sites for hydroxylation is 2. The Kier molecular flexibility index (Phi) is 4.93. The lowest BCUT2D eigenvalue weighted by Crippen LogP contribution is -2.17. The van der Waals surface area contributed by atoms with Crippen LogP contribution in [0, 0.1) is 19.8 Å². The first kappa shape index (κ1) is 19.7. The number of hydrogen-bond acceptors (Lipinski definition) is 4. The quantitative estimate of drug-likeness (QED) is 0.365. The Bertz CT molecular complexity index is 1330. The van der Waals surface area contributed by atoms with Crippen LogP contribution in [0.15, 0.2) is 35.1 Å². The maximum absolute atomic E-state index is 12.9. The Balaban J connectivity index is 1.54. The largest absolute Gasteiger partial charge is 0.397 e. The smallest absolute Gasteiger partial charge is 0.261 e. The minimum absolute atomic E-state index is 0.235. The van der Waals surface area contributed by atoms with E-state index in [2.05, 4.69) is 34.1 Å². The van der Waals surface area contributed by atoms with Crippen molar-refractivity contribution in [2.24, 2.45) is 5.92 Å². The predicted molar refractivity (Wildman–Crippen MR) is 129 cm³/mol. The van der Waals surface area contributed by atoms with Crippen LogP contribution >= 0.6 is 0 Å². The summed E-state index contributed by atoms with van der Waals surface area (Å²) in [6.45, 7) is 5.09. The Morgan fingerprint density at radius 1 is 1.10 bits per heavy atom. The van der Waals surface area contributed by atoms with E-state index in [0.717, 1.165) is 45.6 Å². The molecule has 0 amide bonds. The van der Waals surface area contributed by atoms with Crippen molar-refractivity contribution in [1.82, 2.24) is 15.0 Å². The first-order chi connectivity index (χ1) is 15.0. The molecule has 6 nitrogen and oxygen atoms in total. The van der Waals surface area contributed by atoms with Gasteiger partial charge in [-0.25, -0.2) is 4.98 Å². The predicted octanol–water partition coefficient (Wildman–Crippen LogP) is 5.26. The van der Waals surface area contributed by atoms with Crippen LogP contribution in [0.2, 0.25) is 0 Å². The molecule has 2 aromatic carbocycles. The molecule has 0 atom stereocenters. The van der Waals surface area contributed by atoms with Crippen LogP contribution in [-0.4, -0.2) is 21.5 Å². The Labute approximate surface area is 181 Å². The number of anilines is 2. The zero-order valence-electron chi connectivity index (χ0n) is 18.1. The van der Waals surface area contributed by atoms with Gasteiger partial charge in [0.05, 0.1) is 22.2 Å². The molecule has 0 radical (unpaired) electrons.